The quantitative estimate of drug-likeness (QED) is 0.638. The number of carbonyl (C=O) groups is 1. The van der Waals surface area contributed by atoms with E-state index in [1.54, 1.807) is 25.1 Å². The molecule has 4 nitrogen and oxygen atoms in total. The lowest BCUT2D eigenvalue weighted by Crippen LogP contribution is -2.32. The number of aromatic nitrogens is 1. The zero-order chi connectivity index (χ0) is 14.5. The van der Waals surface area contributed by atoms with Crippen molar-refractivity contribution in [2.45, 2.75) is 6.92 Å². The van der Waals surface area contributed by atoms with E-state index in [4.69, 9.17) is 17.0 Å². The fourth-order valence-corrected chi connectivity index (χ4v) is 2.20. The highest BCUT2D eigenvalue weighted by atomic mass is 32.1. The molecule has 0 fully saturated rings. The first kappa shape index (κ1) is 14.4. The molecule has 104 valence electrons. The number of hydrogen-bond donors (Lipinski definition) is 0. The Labute approximate surface area is 123 Å². The molecular weight excluding hydrogens is 272 g/mol. The molecule has 0 aliphatic rings. The number of fused-ring (bicyclic) bond motifs is 1. The Morgan fingerprint density at radius 3 is 2.85 bits per heavy atom. The Morgan fingerprint density at radius 2 is 2.10 bits per heavy atom. The Bertz CT molecular complexity index is 637. The van der Waals surface area contributed by atoms with Gasteiger partial charge in [-0.05, 0) is 19.1 Å². The monoisotopic (exact) mass is 288 g/mol. The maximum atomic E-state index is 11.5. The lowest BCUT2D eigenvalue weighted by atomic mass is 10.1. The zero-order valence-corrected chi connectivity index (χ0v) is 12.3. The fourth-order valence-electron chi connectivity index (χ4n) is 1.96. The minimum atomic E-state index is -0.282. The third-order valence-electron chi connectivity index (χ3n) is 2.90. The smallest absolute Gasteiger partial charge is 0.325 e. The van der Waals surface area contributed by atoms with Crippen LogP contribution in [0.4, 0.5) is 0 Å². The summed E-state index contributed by atoms with van der Waals surface area (Å²) in [5, 5.41) is 0.982. The van der Waals surface area contributed by atoms with Crippen LogP contribution in [0.2, 0.25) is 0 Å². The zero-order valence-electron chi connectivity index (χ0n) is 11.5. The summed E-state index contributed by atoms with van der Waals surface area (Å²) < 4.78 is 4.93. The van der Waals surface area contributed by atoms with Gasteiger partial charge in [0.1, 0.15) is 11.5 Å². The highest BCUT2D eigenvalue weighted by molar-refractivity contribution is 7.80. The number of pyridine rings is 1. The minimum Gasteiger partial charge on any atom is -0.465 e. The van der Waals surface area contributed by atoms with Gasteiger partial charge in [0.05, 0.1) is 12.1 Å². The Hall–Kier alpha value is -2.01. The summed E-state index contributed by atoms with van der Waals surface area (Å²) in [6.45, 7) is 2.30. The van der Waals surface area contributed by atoms with Gasteiger partial charge < -0.3 is 9.64 Å². The SMILES string of the molecule is CCOC(=O)CN(C)C(=S)c1ccnc2ccccc12. The van der Waals surface area contributed by atoms with E-state index in [1.807, 2.05) is 30.3 Å². The second-order valence-electron chi connectivity index (χ2n) is 4.34. The van der Waals surface area contributed by atoms with Gasteiger partial charge in [0.2, 0.25) is 0 Å². The summed E-state index contributed by atoms with van der Waals surface area (Å²) in [5.41, 5.74) is 1.79. The van der Waals surface area contributed by atoms with Gasteiger partial charge in [-0.25, -0.2) is 0 Å². The molecule has 1 aromatic carbocycles. The largest absolute Gasteiger partial charge is 0.465 e. The van der Waals surface area contributed by atoms with Crippen molar-refractivity contribution < 1.29 is 9.53 Å². The van der Waals surface area contributed by atoms with Crippen molar-refractivity contribution in [1.29, 1.82) is 0 Å². The molecule has 0 unspecified atom stereocenters. The van der Waals surface area contributed by atoms with Crippen molar-refractivity contribution in [2.24, 2.45) is 0 Å². The van der Waals surface area contributed by atoms with Gasteiger partial charge in [0.15, 0.2) is 0 Å². The molecule has 0 bridgehead atoms. The number of hydrogen-bond acceptors (Lipinski definition) is 4. The second-order valence-corrected chi connectivity index (χ2v) is 4.73. The van der Waals surface area contributed by atoms with Gasteiger partial charge in [-0.2, -0.15) is 0 Å². The summed E-state index contributed by atoms with van der Waals surface area (Å²) in [6, 6.07) is 9.66. The van der Waals surface area contributed by atoms with E-state index in [1.165, 1.54) is 0 Å². The van der Waals surface area contributed by atoms with Gasteiger partial charge in [0, 0.05) is 24.2 Å². The molecule has 1 heterocycles. The predicted molar refractivity (Wildman–Crippen MR) is 82.7 cm³/mol. The topological polar surface area (TPSA) is 42.4 Å². The standard InChI is InChI=1S/C15H16N2O2S/c1-3-19-14(18)10-17(2)15(20)12-8-9-16-13-7-5-4-6-11(12)13/h4-9H,3,10H2,1-2H3. The van der Waals surface area contributed by atoms with Crippen LogP contribution in [0.5, 0.6) is 0 Å². The third kappa shape index (κ3) is 3.11. The first-order valence-corrected chi connectivity index (χ1v) is 6.79. The first-order valence-electron chi connectivity index (χ1n) is 6.38. The predicted octanol–water partition coefficient (Wildman–Crippen LogP) is 2.41. The van der Waals surface area contributed by atoms with E-state index >= 15 is 0 Å². The molecular formula is C15H16N2O2S. The molecule has 0 atom stereocenters. The van der Waals surface area contributed by atoms with Crippen molar-refractivity contribution in [3.8, 4) is 0 Å². The average Bonchev–Trinajstić information content (AvgIpc) is 2.46. The Morgan fingerprint density at radius 1 is 1.35 bits per heavy atom. The number of para-hydroxylation sites is 1. The number of rotatable bonds is 4. The van der Waals surface area contributed by atoms with Crippen LogP contribution in [0, 0.1) is 0 Å². The van der Waals surface area contributed by atoms with E-state index < -0.39 is 0 Å². The van der Waals surface area contributed by atoms with Crippen molar-refractivity contribution in [3.63, 3.8) is 0 Å². The maximum absolute atomic E-state index is 11.5. The van der Waals surface area contributed by atoms with Crippen LogP contribution in [0.1, 0.15) is 12.5 Å². The van der Waals surface area contributed by atoms with Crippen molar-refractivity contribution in [2.75, 3.05) is 20.2 Å². The van der Waals surface area contributed by atoms with Crippen LogP contribution in [0.15, 0.2) is 36.5 Å². The summed E-state index contributed by atoms with van der Waals surface area (Å²) in [5.74, 6) is -0.282. The molecule has 0 N–H and O–H groups in total. The molecule has 2 rings (SSSR count). The maximum Gasteiger partial charge on any atom is 0.325 e. The van der Waals surface area contributed by atoms with Crippen molar-refractivity contribution >= 4 is 34.1 Å². The first-order chi connectivity index (χ1) is 9.63. The Balaban J connectivity index is 2.25. The molecule has 0 saturated heterocycles. The molecule has 5 heteroatoms. The van der Waals surface area contributed by atoms with Crippen LogP contribution in [0.25, 0.3) is 10.9 Å². The molecule has 0 aliphatic carbocycles. The normalized spacial score (nSPS) is 10.3. The van der Waals surface area contributed by atoms with E-state index in [9.17, 15) is 4.79 Å². The lowest BCUT2D eigenvalue weighted by Gasteiger charge is -2.20. The number of ether oxygens (including phenoxy) is 1. The van der Waals surface area contributed by atoms with E-state index in [2.05, 4.69) is 4.98 Å². The molecule has 20 heavy (non-hydrogen) atoms. The van der Waals surface area contributed by atoms with Crippen LogP contribution in [-0.4, -0.2) is 41.0 Å². The lowest BCUT2D eigenvalue weighted by molar-refractivity contribution is -0.143. The molecule has 0 saturated carbocycles. The summed E-state index contributed by atoms with van der Waals surface area (Å²) in [6.07, 6.45) is 1.72. The molecule has 1 aromatic heterocycles. The fraction of sp³-hybridized carbons (Fsp3) is 0.267. The summed E-state index contributed by atoms with van der Waals surface area (Å²) >= 11 is 5.46. The Kier molecular flexibility index (Phi) is 4.63. The number of esters is 1. The van der Waals surface area contributed by atoms with Gasteiger partial charge >= 0.3 is 5.97 Å². The van der Waals surface area contributed by atoms with Crippen LogP contribution < -0.4 is 0 Å². The van der Waals surface area contributed by atoms with Gasteiger partial charge in [0.25, 0.3) is 0 Å². The highest BCUT2D eigenvalue weighted by Crippen LogP contribution is 2.18. The molecule has 0 radical (unpaired) electrons. The minimum absolute atomic E-state index is 0.142. The van der Waals surface area contributed by atoms with E-state index in [0.29, 0.717) is 11.6 Å². The average molecular weight is 288 g/mol. The number of thiocarbonyl (C=S) groups is 1. The summed E-state index contributed by atoms with van der Waals surface area (Å²) in [4.78, 5) is 18.1. The molecule has 0 spiro atoms. The molecule has 0 amide bonds. The molecule has 2 aromatic rings. The number of carbonyl (C=O) groups excluding carboxylic acids is 1. The van der Waals surface area contributed by atoms with Crippen LogP contribution >= 0.6 is 12.2 Å². The van der Waals surface area contributed by atoms with E-state index in [0.717, 1.165) is 16.5 Å². The number of nitrogens with zero attached hydrogens (tertiary/aromatic N) is 2. The second kappa shape index (κ2) is 6.43. The third-order valence-corrected chi connectivity index (χ3v) is 3.43. The van der Waals surface area contributed by atoms with Gasteiger partial charge in [-0.3, -0.25) is 9.78 Å². The summed E-state index contributed by atoms with van der Waals surface area (Å²) in [7, 11) is 1.79. The molecule has 0 aliphatic heterocycles. The van der Waals surface area contributed by atoms with Crippen LogP contribution in [0.3, 0.4) is 0 Å². The highest BCUT2D eigenvalue weighted by Gasteiger charge is 2.14. The number of likely N-dealkylation sites (N-methyl/N-ethyl adjacent to an activating group) is 1. The van der Waals surface area contributed by atoms with E-state index in [-0.39, 0.29) is 12.5 Å². The van der Waals surface area contributed by atoms with Crippen molar-refractivity contribution in [3.05, 3.63) is 42.1 Å². The van der Waals surface area contributed by atoms with Crippen molar-refractivity contribution in [1.82, 2.24) is 9.88 Å². The van der Waals surface area contributed by atoms with Gasteiger partial charge in [-0.1, -0.05) is 30.4 Å². The number of benzene rings is 1. The van der Waals surface area contributed by atoms with Gasteiger partial charge in [-0.15, -0.1) is 0 Å². The van der Waals surface area contributed by atoms with Crippen LogP contribution in [-0.2, 0) is 9.53 Å².